The molecular formula is C7H14N2. The zero-order valence-corrected chi connectivity index (χ0v) is 5.69. The number of rotatable bonds is 0. The molecule has 2 heteroatoms. The van der Waals surface area contributed by atoms with Crippen molar-refractivity contribution in [2.45, 2.75) is 19.3 Å². The van der Waals surface area contributed by atoms with Crippen molar-refractivity contribution >= 4 is 0 Å². The van der Waals surface area contributed by atoms with Crippen molar-refractivity contribution in [3.05, 3.63) is 12.2 Å². The molecule has 0 amide bonds. The number of hydrogen-bond donors (Lipinski definition) is 2. The van der Waals surface area contributed by atoms with Gasteiger partial charge in [0.25, 0.3) is 0 Å². The van der Waals surface area contributed by atoms with Crippen LogP contribution in [-0.4, -0.2) is 13.1 Å². The smallest absolute Gasteiger partial charge is 0.0134 e. The number of hydrazine groups is 1. The van der Waals surface area contributed by atoms with Crippen LogP contribution in [-0.2, 0) is 0 Å². The monoisotopic (exact) mass is 126 g/mol. The quantitative estimate of drug-likeness (QED) is 0.470. The average molecular weight is 126 g/mol. The second-order valence-electron chi connectivity index (χ2n) is 2.26. The van der Waals surface area contributed by atoms with Crippen LogP contribution in [0.5, 0.6) is 0 Å². The molecule has 0 bridgehead atoms. The first-order chi connectivity index (χ1) is 4.50. The summed E-state index contributed by atoms with van der Waals surface area (Å²) >= 11 is 0. The first kappa shape index (κ1) is 6.78. The lowest BCUT2D eigenvalue weighted by Gasteiger charge is -2.01. The van der Waals surface area contributed by atoms with Gasteiger partial charge in [-0.1, -0.05) is 12.2 Å². The molecule has 0 atom stereocenters. The third-order valence-corrected chi connectivity index (χ3v) is 1.40. The second-order valence-corrected chi connectivity index (χ2v) is 2.26. The standard InChI is InChI=1S/C7H14N2/c1-2-4-6-8-9-7-5-3-1/h1-2,8-9H,3-7H2/b2-1-. The lowest BCUT2D eigenvalue weighted by atomic mass is 10.3. The largest absolute Gasteiger partial charge is 0.258 e. The Hall–Kier alpha value is -0.340. The normalized spacial score (nSPS) is 25.8. The van der Waals surface area contributed by atoms with E-state index in [-0.39, 0.29) is 0 Å². The van der Waals surface area contributed by atoms with Crippen molar-refractivity contribution in [2.24, 2.45) is 0 Å². The summed E-state index contributed by atoms with van der Waals surface area (Å²) in [4.78, 5) is 0. The van der Waals surface area contributed by atoms with E-state index >= 15 is 0 Å². The highest BCUT2D eigenvalue weighted by Gasteiger charge is 1.87. The van der Waals surface area contributed by atoms with Gasteiger partial charge in [0.05, 0.1) is 0 Å². The molecule has 1 aliphatic rings. The molecule has 0 aromatic rings. The second kappa shape index (κ2) is 4.53. The lowest BCUT2D eigenvalue weighted by molar-refractivity contribution is 0.533. The van der Waals surface area contributed by atoms with E-state index in [1.54, 1.807) is 0 Å². The minimum absolute atomic E-state index is 1.05. The summed E-state index contributed by atoms with van der Waals surface area (Å²) in [5, 5.41) is 0. The van der Waals surface area contributed by atoms with Gasteiger partial charge in [-0.15, -0.1) is 0 Å². The van der Waals surface area contributed by atoms with Crippen molar-refractivity contribution < 1.29 is 0 Å². The highest BCUT2D eigenvalue weighted by atomic mass is 15.3. The van der Waals surface area contributed by atoms with Crippen LogP contribution in [0.4, 0.5) is 0 Å². The van der Waals surface area contributed by atoms with Crippen molar-refractivity contribution in [1.29, 1.82) is 0 Å². The molecular weight excluding hydrogens is 112 g/mol. The maximum atomic E-state index is 3.14. The van der Waals surface area contributed by atoms with Gasteiger partial charge in [0.15, 0.2) is 0 Å². The topological polar surface area (TPSA) is 24.1 Å². The summed E-state index contributed by atoms with van der Waals surface area (Å²) in [5.74, 6) is 0. The molecule has 1 heterocycles. The van der Waals surface area contributed by atoms with Crippen LogP contribution >= 0.6 is 0 Å². The van der Waals surface area contributed by atoms with Crippen molar-refractivity contribution in [3.63, 3.8) is 0 Å². The molecule has 0 radical (unpaired) electrons. The van der Waals surface area contributed by atoms with Crippen LogP contribution in [0.1, 0.15) is 19.3 Å². The Bertz CT molecular complexity index is 78.9. The first-order valence-electron chi connectivity index (χ1n) is 3.61. The molecule has 52 valence electrons. The summed E-state index contributed by atoms with van der Waals surface area (Å²) in [6.07, 6.45) is 8.10. The molecule has 0 aromatic carbocycles. The van der Waals surface area contributed by atoms with Gasteiger partial charge in [-0.05, 0) is 19.3 Å². The fourth-order valence-electron chi connectivity index (χ4n) is 0.876. The van der Waals surface area contributed by atoms with Crippen molar-refractivity contribution in [1.82, 2.24) is 10.9 Å². The molecule has 0 fully saturated rings. The maximum Gasteiger partial charge on any atom is 0.0134 e. The summed E-state index contributed by atoms with van der Waals surface area (Å²) in [6, 6.07) is 0. The van der Waals surface area contributed by atoms with Crippen molar-refractivity contribution in [2.75, 3.05) is 13.1 Å². The van der Waals surface area contributed by atoms with E-state index in [9.17, 15) is 0 Å². The summed E-state index contributed by atoms with van der Waals surface area (Å²) in [5.41, 5.74) is 6.26. The van der Waals surface area contributed by atoms with E-state index < -0.39 is 0 Å². The predicted octanol–water partition coefficient (Wildman–Crippen LogP) is 0.821. The van der Waals surface area contributed by atoms with Crippen LogP contribution in [0.15, 0.2) is 12.2 Å². The fourth-order valence-corrected chi connectivity index (χ4v) is 0.876. The summed E-state index contributed by atoms with van der Waals surface area (Å²) < 4.78 is 0. The van der Waals surface area contributed by atoms with Gasteiger partial charge in [0, 0.05) is 13.1 Å². The summed E-state index contributed by atoms with van der Waals surface area (Å²) in [7, 11) is 0. The SMILES string of the molecule is C1=C\CCNNCCC/1. The zero-order chi connectivity index (χ0) is 6.36. The van der Waals surface area contributed by atoms with E-state index in [0.29, 0.717) is 0 Å². The minimum atomic E-state index is 1.05. The van der Waals surface area contributed by atoms with Crippen molar-refractivity contribution in [3.8, 4) is 0 Å². The molecule has 2 nitrogen and oxygen atoms in total. The number of allylic oxidation sites excluding steroid dienone is 1. The number of hydrogen-bond acceptors (Lipinski definition) is 2. The van der Waals surface area contributed by atoms with Crippen LogP contribution < -0.4 is 10.9 Å². The summed E-state index contributed by atoms with van der Waals surface area (Å²) in [6.45, 7) is 2.14. The van der Waals surface area contributed by atoms with Gasteiger partial charge in [0.2, 0.25) is 0 Å². The molecule has 2 N–H and O–H groups in total. The maximum absolute atomic E-state index is 3.14. The molecule has 0 aliphatic carbocycles. The highest BCUT2D eigenvalue weighted by molar-refractivity contribution is 4.82. The number of nitrogens with one attached hydrogen (secondary N) is 2. The molecule has 9 heavy (non-hydrogen) atoms. The Morgan fingerprint density at radius 2 is 1.67 bits per heavy atom. The average Bonchev–Trinajstić information content (AvgIpc) is 2.00. The van der Waals surface area contributed by atoms with Gasteiger partial charge in [-0.3, -0.25) is 10.9 Å². The molecule has 0 saturated heterocycles. The Morgan fingerprint density at radius 3 is 2.67 bits per heavy atom. The zero-order valence-electron chi connectivity index (χ0n) is 5.69. The lowest BCUT2D eigenvalue weighted by Crippen LogP contribution is -2.32. The third-order valence-electron chi connectivity index (χ3n) is 1.40. The molecule has 1 rings (SSSR count). The van der Waals surface area contributed by atoms with Gasteiger partial charge in [0.1, 0.15) is 0 Å². The Morgan fingerprint density at radius 1 is 0.889 bits per heavy atom. The van der Waals surface area contributed by atoms with Crippen LogP contribution in [0.25, 0.3) is 0 Å². The molecule has 0 saturated carbocycles. The molecule has 1 aliphatic heterocycles. The van der Waals surface area contributed by atoms with E-state index in [4.69, 9.17) is 0 Å². The Balaban J connectivity index is 2.15. The van der Waals surface area contributed by atoms with Gasteiger partial charge >= 0.3 is 0 Å². The van der Waals surface area contributed by atoms with E-state index in [2.05, 4.69) is 23.0 Å². The highest BCUT2D eigenvalue weighted by Crippen LogP contribution is 1.92. The fraction of sp³-hybridized carbons (Fsp3) is 0.714. The Labute approximate surface area is 56.3 Å². The van der Waals surface area contributed by atoms with E-state index in [1.165, 1.54) is 12.8 Å². The third kappa shape index (κ3) is 3.27. The first-order valence-corrected chi connectivity index (χ1v) is 3.61. The van der Waals surface area contributed by atoms with Gasteiger partial charge < -0.3 is 0 Å². The van der Waals surface area contributed by atoms with E-state index in [1.807, 2.05) is 0 Å². The van der Waals surface area contributed by atoms with E-state index in [0.717, 1.165) is 19.5 Å². The minimum Gasteiger partial charge on any atom is -0.258 e. The molecule has 0 spiro atoms. The van der Waals surface area contributed by atoms with Crippen LogP contribution in [0.2, 0.25) is 0 Å². The molecule has 0 unspecified atom stereocenters. The van der Waals surface area contributed by atoms with Crippen LogP contribution in [0, 0.1) is 0 Å². The molecule has 0 aromatic heterocycles. The van der Waals surface area contributed by atoms with Crippen LogP contribution in [0.3, 0.4) is 0 Å². The Kier molecular flexibility index (Phi) is 3.41. The predicted molar refractivity (Wildman–Crippen MR) is 39.0 cm³/mol. The van der Waals surface area contributed by atoms with Gasteiger partial charge in [-0.2, -0.15) is 0 Å². The van der Waals surface area contributed by atoms with Gasteiger partial charge in [-0.25, -0.2) is 0 Å².